The van der Waals surface area contributed by atoms with Crippen molar-refractivity contribution >= 4 is 9.84 Å². The van der Waals surface area contributed by atoms with Crippen LogP contribution >= 0.6 is 0 Å². The largest absolute Gasteiger partial charge is 0.282 e. The Labute approximate surface area is 157 Å². The lowest BCUT2D eigenvalue weighted by Gasteiger charge is -2.11. The number of sulfone groups is 1. The first-order chi connectivity index (χ1) is 13.1. The molecule has 0 aliphatic rings. The van der Waals surface area contributed by atoms with Crippen LogP contribution in [0.2, 0.25) is 0 Å². The minimum Gasteiger partial charge on any atom is -0.230 e. The summed E-state index contributed by atoms with van der Waals surface area (Å²) in [7, 11) is -4.04. The molecule has 3 aromatic rings. The molecule has 144 valence electrons. The average molecular weight is 409 g/mol. The van der Waals surface area contributed by atoms with Crippen molar-refractivity contribution in [2.45, 2.75) is 11.3 Å². The van der Waals surface area contributed by atoms with Crippen LogP contribution in [-0.2, 0) is 9.84 Å². The number of rotatable bonds is 4. The van der Waals surface area contributed by atoms with Crippen LogP contribution in [0.25, 0.3) is 16.9 Å². The molecule has 0 saturated carbocycles. The van der Waals surface area contributed by atoms with Crippen molar-refractivity contribution in [3.63, 3.8) is 0 Å². The first-order valence-corrected chi connectivity index (χ1v) is 9.59. The molecule has 10 heteroatoms. The van der Waals surface area contributed by atoms with Gasteiger partial charge in [0.05, 0.1) is 17.3 Å². The Morgan fingerprint density at radius 1 is 1.11 bits per heavy atom. The highest BCUT2D eigenvalue weighted by Gasteiger charge is 2.23. The van der Waals surface area contributed by atoms with Gasteiger partial charge in [-0.15, -0.1) is 0 Å². The summed E-state index contributed by atoms with van der Waals surface area (Å²) in [6, 6.07) is 9.78. The molecular weight excluding hydrogens is 398 g/mol. The van der Waals surface area contributed by atoms with Crippen LogP contribution in [-0.4, -0.2) is 24.5 Å². The number of halogens is 4. The molecule has 0 radical (unpaired) electrons. The van der Waals surface area contributed by atoms with Gasteiger partial charge < -0.3 is 0 Å². The van der Waals surface area contributed by atoms with Crippen LogP contribution in [0.3, 0.4) is 0 Å². The highest BCUT2D eigenvalue weighted by Crippen LogP contribution is 2.31. The van der Waals surface area contributed by atoms with Gasteiger partial charge in [-0.2, -0.15) is 10.4 Å². The smallest absolute Gasteiger partial charge is 0.230 e. The Balaban J connectivity index is 2.28. The van der Waals surface area contributed by atoms with E-state index in [1.807, 2.05) is 6.07 Å². The third-order valence-electron chi connectivity index (χ3n) is 3.87. The Bertz CT molecular complexity index is 1210. The molecule has 0 aliphatic heterocycles. The van der Waals surface area contributed by atoms with Crippen molar-refractivity contribution in [2.24, 2.45) is 0 Å². The van der Waals surface area contributed by atoms with Gasteiger partial charge in [-0.3, -0.25) is 0 Å². The molecule has 2 aromatic carbocycles. The Morgan fingerprint density at radius 2 is 1.82 bits per heavy atom. The van der Waals surface area contributed by atoms with Crippen LogP contribution in [0, 0.1) is 23.0 Å². The molecule has 0 aliphatic carbocycles. The predicted molar refractivity (Wildman–Crippen MR) is 91.7 cm³/mol. The SMILES string of the molecule is CS(=O)(=O)c1cc(F)c(-n2nc(C(F)F)cc2-c2cccc(C#N)c2)cc1F. The Hall–Kier alpha value is -3.19. The molecule has 1 heterocycles. The van der Waals surface area contributed by atoms with Crippen molar-refractivity contribution in [1.82, 2.24) is 9.78 Å². The van der Waals surface area contributed by atoms with Crippen LogP contribution in [0.4, 0.5) is 17.6 Å². The van der Waals surface area contributed by atoms with Gasteiger partial charge in [0.1, 0.15) is 27.9 Å². The molecule has 0 bridgehead atoms. The summed E-state index contributed by atoms with van der Waals surface area (Å²) in [6.07, 6.45) is -2.27. The van der Waals surface area contributed by atoms with Gasteiger partial charge >= 0.3 is 0 Å². The summed E-state index contributed by atoms with van der Waals surface area (Å²) in [5.41, 5.74) is -0.760. The van der Waals surface area contributed by atoms with Gasteiger partial charge in [0.2, 0.25) is 0 Å². The number of hydrogen-bond acceptors (Lipinski definition) is 4. The van der Waals surface area contributed by atoms with Crippen LogP contribution in [0.5, 0.6) is 0 Å². The molecule has 5 nitrogen and oxygen atoms in total. The normalized spacial score (nSPS) is 11.6. The molecular formula is C18H11F4N3O2S. The fraction of sp³-hybridized carbons (Fsp3) is 0.111. The molecule has 3 rings (SSSR count). The number of aromatic nitrogens is 2. The van der Waals surface area contributed by atoms with Gasteiger partial charge in [-0.05, 0) is 24.3 Å². The minimum absolute atomic E-state index is 0.0159. The van der Waals surface area contributed by atoms with Crippen molar-refractivity contribution in [1.29, 1.82) is 5.26 Å². The summed E-state index contributed by atoms with van der Waals surface area (Å²) in [6.45, 7) is 0. The number of nitriles is 1. The second-order valence-electron chi connectivity index (χ2n) is 5.87. The van der Waals surface area contributed by atoms with E-state index in [1.165, 1.54) is 24.3 Å². The van der Waals surface area contributed by atoms with E-state index in [-0.39, 0.29) is 16.8 Å². The lowest BCUT2D eigenvalue weighted by molar-refractivity contribution is 0.145. The van der Waals surface area contributed by atoms with Crippen LogP contribution < -0.4 is 0 Å². The molecule has 0 amide bonds. The highest BCUT2D eigenvalue weighted by molar-refractivity contribution is 7.90. The summed E-state index contributed by atoms with van der Waals surface area (Å²) < 4.78 is 79.0. The van der Waals surface area contributed by atoms with E-state index in [4.69, 9.17) is 5.26 Å². The minimum atomic E-state index is -4.04. The monoisotopic (exact) mass is 409 g/mol. The molecule has 0 atom stereocenters. The van der Waals surface area contributed by atoms with Crippen molar-refractivity contribution in [3.05, 3.63) is 65.4 Å². The third-order valence-corrected chi connectivity index (χ3v) is 4.98. The third kappa shape index (κ3) is 3.61. The second-order valence-corrected chi connectivity index (χ2v) is 7.85. The van der Waals surface area contributed by atoms with Crippen molar-refractivity contribution in [2.75, 3.05) is 6.26 Å². The lowest BCUT2D eigenvalue weighted by Crippen LogP contribution is -2.08. The van der Waals surface area contributed by atoms with Gasteiger partial charge in [0.25, 0.3) is 6.43 Å². The van der Waals surface area contributed by atoms with E-state index in [1.54, 1.807) is 0 Å². The van der Waals surface area contributed by atoms with Gasteiger partial charge in [0, 0.05) is 17.9 Å². The maximum absolute atomic E-state index is 14.6. The summed E-state index contributed by atoms with van der Waals surface area (Å²) in [4.78, 5) is -0.858. The van der Waals surface area contributed by atoms with E-state index in [0.29, 0.717) is 18.4 Å². The van der Waals surface area contributed by atoms with Crippen LogP contribution in [0.15, 0.2) is 47.4 Å². The zero-order valence-corrected chi connectivity index (χ0v) is 15.0. The number of hydrogen-bond donors (Lipinski definition) is 0. The van der Waals surface area contributed by atoms with Gasteiger partial charge in [-0.25, -0.2) is 30.7 Å². The van der Waals surface area contributed by atoms with E-state index in [2.05, 4.69) is 5.10 Å². The van der Waals surface area contributed by atoms with Crippen molar-refractivity contribution in [3.8, 4) is 23.0 Å². The van der Waals surface area contributed by atoms with E-state index in [0.717, 1.165) is 10.7 Å². The highest BCUT2D eigenvalue weighted by atomic mass is 32.2. The van der Waals surface area contributed by atoms with Crippen LogP contribution in [0.1, 0.15) is 17.7 Å². The van der Waals surface area contributed by atoms with Gasteiger partial charge in [0.15, 0.2) is 9.84 Å². The van der Waals surface area contributed by atoms with E-state index in [9.17, 15) is 26.0 Å². The average Bonchev–Trinajstić information content (AvgIpc) is 3.08. The number of nitrogens with zero attached hydrogens (tertiary/aromatic N) is 3. The predicted octanol–water partition coefficient (Wildman–Crippen LogP) is 4.03. The summed E-state index contributed by atoms with van der Waals surface area (Å²) >= 11 is 0. The van der Waals surface area contributed by atoms with E-state index >= 15 is 0 Å². The molecule has 0 fully saturated rings. The molecule has 28 heavy (non-hydrogen) atoms. The standard InChI is InChI=1S/C18H11F4N3O2S/c1-28(26,27)17-7-12(19)16(6-13(17)20)25-15(8-14(24-25)18(21)22)11-4-2-3-10(5-11)9-23/h2-8,18H,1H3. The molecule has 0 saturated heterocycles. The fourth-order valence-corrected chi connectivity index (χ4v) is 3.34. The first kappa shape index (κ1) is 19.6. The zero-order valence-electron chi connectivity index (χ0n) is 14.2. The Morgan fingerprint density at radius 3 is 2.43 bits per heavy atom. The van der Waals surface area contributed by atoms with Gasteiger partial charge in [-0.1, -0.05) is 12.1 Å². The van der Waals surface area contributed by atoms with Crippen molar-refractivity contribution < 1.29 is 26.0 Å². The topological polar surface area (TPSA) is 75.8 Å². The maximum Gasteiger partial charge on any atom is 0.282 e. The molecule has 1 aromatic heterocycles. The maximum atomic E-state index is 14.6. The molecule has 0 unspecified atom stereocenters. The summed E-state index contributed by atoms with van der Waals surface area (Å²) in [5.74, 6) is -2.41. The first-order valence-electron chi connectivity index (χ1n) is 7.70. The quantitative estimate of drug-likeness (QED) is 0.610. The summed E-state index contributed by atoms with van der Waals surface area (Å²) in [5, 5.41) is 12.7. The number of benzene rings is 2. The number of alkyl halides is 2. The Kier molecular flexibility index (Phi) is 4.95. The molecule has 0 N–H and O–H groups in total. The fourth-order valence-electron chi connectivity index (χ4n) is 2.61. The lowest BCUT2D eigenvalue weighted by atomic mass is 10.1. The zero-order chi connectivity index (χ0) is 20.6. The molecule has 0 spiro atoms. The van der Waals surface area contributed by atoms with E-state index < -0.39 is 44.2 Å². The second kappa shape index (κ2) is 7.09.